The minimum absolute atomic E-state index is 0.298. The molecule has 1 saturated heterocycles. The molecule has 0 aromatic carbocycles. The topological polar surface area (TPSA) is 75.2 Å². The summed E-state index contributed by atoms with van der Waals surface area (Å²) in [5.74, 6) is 0.603. The smallest absolute Gasteiger partial charge is 0.222 e. The molecule has 5 heterocycles. The Hall–Kier alpha value is -2.16. The second-order valence-corrected chi connectivity index (χ2v) is 11.2. The van der Waals surface area contributed by atoms with E-state index in [2.05, 4.69) is 10.3 Å². The number of hydrogen-bond donors (Lipinski definition) is 1. The molecule has 8 heteroatoms. The molecular weight excluding hydrogens is 452 g/mol. The number of Topliss-reactive ketones (excluding diaryl/α,β-unsaturated/α-hetero) is 1. The van der Waals surface area contributed by atoms with E-state index in [-0.39, 0.29) is 0 Å². The number of unbranched alkanes of at least 4 members (excludes halogenated alkanes) is 2. The molecule has 0 bridgehead atoms. The molecule has 5 rings (SSSR count). The van der Waals surface area contributed by atoms with Crippen LogP contribution in [0.3, 0.4) is 0 Å². The van der Waals surface area contributed by atoms with Crippen molar-refractivity contribution in [2.24, 2.45) is 0 Å². The highest BCUT2D eigenvalue weighted by Crippen LogP contribution is 2.41. The number of pyridine rings is 1. The van der Waals surface area contributed by atoms with Crippen LogP contribution in [-0.2, 0) is 29.0 Å². The van der Waals surface area contributed by atoms with Gasteiger partial charge in [0.1, 0.15) is 16.3 Å². The Kier molecular flexibility index (Phi) is 7.13. The first-order valence-electron chi connectivity index (χ1n) is 12.0. The Balaban J connectivity index is 1.22. The number of aromatic nitrogens is 2. The van der Waals surface area contributed by atoms with Crippen LogP contribution in [0, 0.1) is 0 Å². The lowest BCUT2D eigenvalue weighted by Crippen LogP contribution is -2.35. The lowest BCUT2D eigenvalue weighted by atomic mass is 10.00. The number of amides is 1. The summed E-state index contributed by atoms with van der Waals surface area (Å²) in [7, 11) is 0. The van der Waals surface area contributed by atoms with Crippen LogP contribution in [0.1, 0.15) is 60.3 Å². The first kappa shape index (κ1) is 22.6. The van der Waals surface area contributed by atoms with Gasteiger partial charge in [-0.05, 0) is 50.3 Å². The van der Waals surface area contributed by atoms with Gasteiger partial charge in [-0.25, -0.2) is 4.98 Å². The first-order chi connectivity index (χ1) is 16.2. The van der Waals surface area contributed by atoms with Crippen LogP contribution in [0.15, 0.2) is 18.5 Å². The van der Waals surface area contributed by atoms with Gasteiger partial charge in [0.2, 0.25) is 5.91 Å². The third kappa shape index (κ3) is 5.18. The summed E-state index contributed by atoms with van der Waals surface area (Å²) >= 11 is 3.48. The zero-order chi connectivity index (χ0) is 22.6. The summed E-state index contributed by atoms with van der Waals surface area (Å²) in [5, 5.41) is 4.48. The maximum absolute atomic E-state index is 12.9. The van der Waals surface area contributed by atoms with Gasteiger partial charge in [0.25, 0.3) is 0 Å². The van der Waals surface area contributed by atoms with Crippen LogP contribution in [0.4, 0.5) is 0 Å². The number of carbonyl (C=O) groups is 2. The number of nitrogens with zero attached hydrogens (tertiary/aromatic N) is 3. The first-order valence-corrected chi connectivity index (χ1v) is 13.7. The van der Waals surface area contributed by atoms with Crippen molar-refractivity contribution >= 4 is 44.6 Å². The predicted octanol–water partition coefficient (Wildman–Crippen LogP) is 4.75. The second-order valence-electron chi connectivity index (χ2n) is 8.96. The molecule has 0 unspecified atom stereocenters. The summed E-state index contributed by atoms with van der Waals surface area (Å²) in [5.41, 5.74) is 3.50. The number of carbonyl (C=O) groups excluding carboxylic acids is 2. The molecule has 1 amide bonds. The fourth-order valence-corrected chi connectivity index (χ4v) is 7.27. The SMILES string of the molecule is O=C(CCCCCN1CCCCC1=O)Cc1sc2c(c1-c1nc3cnccc3s1)CCNC2. The van der Waals surface area contributed by atoms with Crippen molar-refractivity contribution in [1.82, 2.24) is 20.2 Å². The fourth-order valence-electron chi connectivity index (χ4n) is 4.82. The number of hydrogen-bond acceptors (Lipinski definition) is 7. The summed E-state index contributed by atoms with van der Waals surface area (Å²) in [4.78, 5) is 38.4. The van der Waals surface area contributed by atoms with Crippen molar-refractivity contribution in [3.05, 3.63) is 33.8 Å². The number of piperidine rings is 1. The molecule has 1 fully saturated rings. The van der Waals surface area contributed by atoms with Crippen LogP contribution < -0.4 is 5.32 Å². The third-order valence-corrected chi connectivity index (χ3v) is 8.85. The van der Waals surface area contributed by atoms with E-state index in [1.807, 2.05) is 23.4 Å². The number of likely N-dealkylation sites (tertiary alicyclic amines) is 1. The second kappa shape index (κ2) is 10.4. The molecule has 2 aliphatic heterocycles. The predicted molar refractivity (Wildman–Crippen MR) is 134 cm³/mol. The molecule has 0 atom stereocenters. The number of ketones is 1. The molecule has 0 spiro atoms. The molecule has 33 heavy (non-hydrogen) atoms. The number of thiophene rings is 1. The van der Waals surface area contributed by atoms with E-state index in [4.69, 9.17) is 4.98 Å². The number of rotatable bonds is 9. The van der Waals surface area contributed by atoms with E-state index in [0.29, 0.717) is 31.0 Å². The molecule has 0 radical (unpaired) electrons. The van der Waals surface area contributed by atoms with Crippen molar-refractivity contribution < 1.29 is 9.59 Å². The quantitative estimate of drug-likeness (QED) is 0.446. The molecule has 6 nitrogen and oxygen atoms in total. The van der Waals surface area contributed by atoms with E-state index >= 15 is 0 Å². The molecule has 3 aromatic rings. The third-order valence-electron chi connectivity index (χ3n) is 6.57. The standard InChI is InChI=1S/C25H30N4O2S2/c30-17(6-2-1-4-12-29-13-5-3-7-23(29)31)14-21-24(18-8-10-27-16-22(18)32-21)25-28-19-15-26-11-9-20(19)33-25/h9,11,15,27H,1-8,10,12-14,16H2. The van der Waals surface area contributed by atoms with E-state index in [1.165, 1.54) is 20.9 Å². The highest BCUT2D eigenvalue weighted by Gasteiger charge is 2.25. The monoisotopic (exact) mass is 482 g/mol. The Morgan fingerprint density at radius 2 is 2.09 bits per heavy atom. The van der Waals surface area contributed by atoms with Gasteiger partial charge in [0, 0.05) is 60.4 Å². The number of fused-ring (bicyclic) bond motifs is 2. The van der Waals surface area contributed by atoms with Gasteiger partial charge in [0.15, 0.2) is 0 Å². The molecule has 2 aliphatic rings. The van der Waals surface area contributed by atoms with Gasteiger partial charge >= 0.3 is 0 Å². The molecule has 0 saturated carbocycles. The Morgan fingerprint density at radius 1 is 1.15 bits per heavy atom. The maximum Gasteiger partial charge on any atom is 0.222 e. The lowest BCUT2D eigenvalue weighted by molar-refractivity contribution is -0.133. The highest BCUT2D eigenvalue weighted by molar-refractivity contribution is 7.22. The van der Waals surface area contributed by atoms with Crippen LogP contribution in [-0.4, -0.2) is 46.2 Å². The number of thiazole rings is 1. The van der Waals surface area contributed by atoms with Crippen molar-refractivity contribution in [1.29, 1.82) is 0 Å². The summed E-state index contributed by atoms with van der Waals surface area (Å²) in [6.07, 6.45) is 11.5. The average Bonchev–Trinajstić information content (AvgIpc) is 3.40. The van der Waals surface area contributed by atoms with Crippen LogP contribution >= 0.6 is 22.7 Å². The lowest BCUT2D eigenvalue weighted by Gasteiger charge is -2.26. The van der Waals surface area contributed by atoms with Crippen molar-refractivity contribution in [3.8, 4) is 10.6 Å². The van der Waals surface area contributed by atoms with E-state index in [9.17, 15) is 9.59 Å². The molecule has 3 aromatic heterocycles. The minimum atomic E-state index is 0.298. The summed E-state index contributed by atoms with van der Waals surface area (Å²) in [6.45, 7) is 3.59. The van der Waals surface area contributed by atoms with Gasteiger partial charge in [-0.3, -0.25) is 14.6 Å². The van der Waals surface area contributed by atoms with Crippen LogP contribution in [0.25, 0.3) is 20.8 Å². The highest BCUT2D eigenvalue weighted by atomic mass is 32.1. The summed E-state index contributed by atoms with van der Waals surface area (Å²) < 4.78 is 1.14. The van der Waals surface area contributed by atoms with Gasteiger partial charge in [-0.15, -0.1) is 22.7 Å². The van der Waals surface area contributed by atoms with E-state index in [0.717, 1.165) is 79.9 Å². The van der Waals surface area contributed by atoms with Gasteiger partial charge in [0.05, 0.1) is 10.9 Å². The molecule has 174 valence electrons. The van der Waals surface area contributed by atoms with Gasteiger partial charge in [-0.1, -0.05) is 6.42 Å². The number of nitrogens with one attached hydrogen (secondary N) is 1. The van der Waals surface area contributed by atoms with Gasteiger partial charge in [-0.2, -0.15) is 0 Å². The molecular formula is C25H30N4O2S2. The minimum Gasteiger partial charge on any atom is -0.343 e. The van der Waals surface area contributed by atoms with E-state index in [1.54, 1.807) is 22.7 Å². The van der Waals surface area contributed by atoms with Crippen molar-refractivity contribution in [2.75, 3.05) is 19.6 Å². The van der Waals surface area contributed by atoms with Gasteiger partial charge < -0.3 is 10.2 Å². The van der Waals surface area contributed by atoms with E-state index < -0.39 is 0 Å². The fraction of sp³-hybridized carbons (Fsp3) is 0.520. The zero-order valence-corrected chi connectivity index (χ0v) is 20.5. The molecule has 1 N–H and O–H groups in total. The largest absolute Gasteiger partial charge is 0.343 e. The zero-order valence-electron chi connectivity index (χ0n) is 18.9. The summed E-state index contributed by atoms with van der Waals surface area (Å²) in [6, 6.07) is 2.01. The molecule has 0 aliphatic carbocycles. The van der Waals surface area contributed by atoms with Crippen LogP contribution in [0.5, 0.6) is 0 Å². The normalized spacial score (nSPS) is 16.4. The Bertz CT molecular complexity index is 1120. The Labute approximate surface area is 202 Å². The van der Waals surface area contributed by atoms with Crippen LogP contribution in [0.2, 0.25) is 0 Å². The maximum atomic E-state index is 12.9. The Morgan fingerprint density at radius 3 is 2.97 bits per heavy atom. The van der Waals surface area contributed by atoms with Crippen molar-refractivity contribution in [3.63, 3.8) is 0 Å². The average molecular weight is 483 g/mol. The van der Waals surface area contributed by atoms with Crippen molar-refractivity contribution in [2.45, 2.75) is 64.3 Å².